The molecule has 10 heteroatoms. The number of piperidine rings is 1. The Morgan fingerprint density at radius 1 is 1.00 bits per heavy atom. The monoisotopic (exact) mass is 630 g/mol. The molecule has 0 N–H and O–H groups in total. The van der Waals surface area contributed by atoms with Crippen LogP contribution >= 0.6 is 23.2 Å². The summed E-state index contributed by atoms with van der Waals surface area (Å²) in [6, 6.07) is 15.3. The van der Waals surface area contributed by atoms with Crippen molar-refractivity contribution in [3.05, 3.63) is 93.2 Å². The van der Waals surface area contributed by atoms with Crippen LogP contribution in [-0.4, -0.2) is 56.8 Å². The number of rotatable bonds is 6. The second-order valence-electron chi connectivity index (χ2n) is 11.6. The SMILES string of the molecule is CN1CCC(C(=O)N2CC[C@@]3(S(=O)(=O)c4ccc(F)cc4)c4ccc(OCc5c(Cl)cccc5Cl)cc4CC[C@@H]23)CC1. The number of carbonyl (C=O) groups excluding carboxylic acids is 1. The molecule has 1 amide bonds. The number of aryl methyl sites for hydroxylation is 1. The molecule has 42 heavy (non-hydrogen) atoms. The van der Waals surface area contributed by atoms with E-state index in [0.717, 1.165) is 31.5 Å². The number of fused-ring (bicyclic) bond motifs is 3. The third-order valence-corrected chi connectivity index (χ3v) is 12.5. The third kappa shape index (κ3) is 5.00. The van der Waals surface area contributed by atoms with Crippen molar-refractivity contribution in [1.82, 2.24) is 9.80 Å². The van der Waals surface area contributed by atoms with Crippen molar-refractivity contribution >= 4 is 38.9 Å². The first-order valence-electron chi connectivity index (χ1n) is 14.3. The Labute approximate surface area is 256 Å². The van der Waals surface area contributed by atoms with E-state index in [1.54, 1.807) is 24.3 Å². The minimum absolute atomic E-state index is 0.0457. The molecule has 0 aromatic heterocycles. The number of amides is 1. The van der Waals surface area contributed by atoms with Gasteiger partial charge in [0.25, 0.3) is 0 Å². The van der Waals surface area contributed by atoms with Crippen LogP contribution in [0.25, 0.3) is 0 Å². The molecule has 3 aliphatic rings. The molecule has 0 spiro atoms. The van der Waals surface area contributed by atoms with Gasteiger partial charge in [-0.05, 0) is 112 Å². The quantitative estimate of drug-likeness (QED) is 0.300. The van der Waals surface area contributed by atoms with Crippen molar-refractivity contribution in [3.63, 3.8) is 0 Å². The molecule has 6 rings (SSSR count). The third-order valence-electron chi connectivity index (χ3n) is 9.26. The fraction of sp³-hybridized carbons (Fsp3) is 0.406. The second kappa shape index (κ2) is 11.5. The highest BCUT2D eigenvalue weighted by molar-refractivity contribution is 7.92. The van der Waals surface area contributed by atoms with E-state index in [1.807, 2.05) is 17.0 Å². The van der Waals surface area contributed by atoms with Gasteiger partial charge in [-0.15, -0.1) is 0 Å². The van der Waals surface area contributed by atoms with E-state index in [4.69, 9.17) is 27.9 Å². The number of carbonyl (C=O) groups is 1. The van der Waals surface area contributed by atoms with E-state index in [-0.39, 0.29) is 29.7 Å². The van der Waals surface area contributed by atoms with Crippen molar-refractivity contribution in [2.24, 2.45) is 5.92 Å². The van der Waals surface area contributed by atoms with Gasteiger partial charge in [-0.1, -0.05) is 35.3 Å². The molecule has 0 bridgehead atoms. The van der Waals surface area contributed by atoms with E-state index in [9.17, 15) is 17.6 Å². The molecule has 2 aliphatic heterocycles. The smallest absolute Gasteiger partial charge is 0.226 e. The van der Waals surface area contributed by atoms with Crippen molar-refractivity contribution < 1.29 is 22.3 Å². The summed E-state index contributed by atoms with van der Waals surface area (Å²) >= 11 is 12.6. The number of benzene rings is 3. The van der Waals surface area contributed by atoms with Gasteiger partial charge in [0, 0.05) is 28.1 Å². The minimum atomic E-state index is -4.02. The average molecular weight is 632 g/mol. The summed E-state index contributed by atoms with van der Waals surface area (Å²) in [5.41, 5.74) is 2.23. The van der Waals surface area contributed by atoms with Crippen LogP contribution in [0.2, 0.25) is 10.0 Å². The summed E-state index contributed by atoms with van der Waals surface area (Å²) in [7, 11) is -1.97. The topological polar surface area (TPSA) is 66.9 Å². The highest BCUT2D eigenvalue weighted by Gasteiger charge is 2.61. The number of hydrogen-bond acceptors (Lipinski definition) is 5. The van der Waals surface area contributed by atoms with Gasteiger partial charge in [-0.3, -0.25) is 4.79 Å². The van der Waals surface area contributed by atoms with Crippen molar-refractivity contribution in [2.45, 2.75) is 54.4 Å². The Bertz CT molecular complexity index is 1590. The van der Waals surface area contributed by atoms with Gasteiger partial charge in [0.1, 0.15) is 22.9 Å². The zero-order chi connectivity index (χ0) is 29.6. The maximum atomic E-state index is 14.6. The van der Waals surface area contributed by atoms with Gasteiger partial charge in [0.15, 0.2) is 9.84 Å². The first-order chi connectivity index (χ1) is 20.1. The van der Waals surface area contributed by atoms with Crippen LogP contribution < -0.4 is 4.74 Å². The van der Waals surface area contributed by atoms with Gasteiger partial charge in [0.05, 0.1) is 10.9 Å². The first-order valence-corrected chi connectivity index (χ1v) is 16.5. The summed E-state index contributed by atoms with van der Waals surface area (Å²) in [4.78, 5) is 18.0. The lowest BCUT2D eigenvalue weighted by Crippen LogP contribution is -2.53. The summed E-state index contributed by atoms with van der Waals surface area (Å²) < 4.78 is 47.7. The van der Waals surface area contributed by atoms with Gasteiger partial charge in [-0.25, -0.2) is 12.8 Å². The van der Waals surface area contributed by atoms with Crippen LogP contribution in [0.15, 0.2) is 65.6 Å². The summed E-state index contributed by atoms with van der Waals surface area (Å²) in [6.07, 6.45) is 2.91. The molecule has 6 nitrogen and oxygen atoms in total. The standard InChI is InChI=1S/C32H33Cl2FN2O4S/c1-36-16-13-21(14-17-36)31(38)37-18-15-32(42(39,40)25-9-6-23(35)7-10-25)27-11-8-24(19-22(27)5-12-30(32)37)41-20-26-28(33)3-2-4-29(26)34/h2-4,6-11,19,21,30H,5,12-18,20H2,1H3/t30-,32-/m1/s1. The first kappa shape index (κ1) is 29.4. The van der Waals surface area contributed by atoms with E-state index >= 15 is 0 Å². The lowest BCUT2D eigenvalue weighted by Gasteiger charge is -2.43. The van der Waals surface area contributed by atoms with Crippen LogP contribution in [0.4, 0.5) is 4.39 Å². The van der Waals surface area contributed by atoms with E-state index < -0.39 is 26.4 Å². The zero-order valence-corrected chi connectivity index (χ0v) is 25.7. The van der Waals surface area contributed by atoms with Gasteiger partial charge in [-0.2, -0.15) is 0 Å². The van der Waals surface area contributed by atoms with Crippen molar-refractivity contribution in [1.29, 1.82) is 0 Å². The maximum Gasteiger partial charge on any atom is 0.226 e. The summed E-state index contributed by atoms with van der Waals surface area (Å²) in [6.45, 7) is 2.22. The van der Waals surface area contributed by atoms with E-state index in [1.165, 1.54) is 24.3 Å². The normalized spacial score (nSPS) is 23.0. The molecular weight excluding hydrogens is 598 g/mol. The predicted molar refractivity (Wildman–Crippen MR) is 161 cm³/mol. The summed E-state index contributed by atoms with van der Waals surface area (Å²) in [5, 5.41) is 1.01. The van der Waals surface area contributed by atoms with Crippen LogP contribution in [0.1, 0.15) is 42.4 Å². The maximum absolute atomic E-state index is 14.6. The number of halogens is 3. The molecule has 3 aromatic carbocycles. The van der Waals surface area contributed by atoms with E-state index in [0.29, 0.717) is 46.3 Å². The number of nitrogens with zero attached hydrogens (tertiary/aromatic N) is 2. The fourth-order valence-corrected chi connectivity index (χ4v) is 9.87. The molecule has 2 heterocycles. The number of sulfone groups is 1. The number of hydrogen-bond donors (Lipinski definition) is 0. The lowest BCUT2D eigenvalue weighted by molar-refractivity contribution is -0.138. The molecule has 2 saturated heterocycles. The van der Waals surface area contributed by atoms with Crippen LogP contribution in [0.5, 0.6) is 5.75 Å². The van der Waals surface area contributed by atoms with Crippen LogP contribution in [0.3, 0.4) is 0 Å². The van der Waals surface area contributed by atoms with E-state index in [2.05, 4.69) is 11.9 Å². The number of likely N-dealkylation sites (tertiary alicyclic amines) is 2. The highest BCUT2D eigenvalue weighted by Crippen LogP contribution is 2.53. The largest absolute Gasteiger partial charge is 0.489 e. The second-order valence-corrected chi connectivity index (χ2v) is 14.6. The van der Waals surface area contributed by atoms with Gasteiger partial charge in [0.2, 0.25) is 5.91 Å². The molecular formula is C32H33Cl2FN2O4S. The zero-order valence-electron chi connectivity index (χ0n) is 23.4. The Morgan fingerprint density at radius 3 is 2.38 bits per heavy atom. The molecule has 2 atom stereocenters. The van der Waals surface area contributed by atoms with Crippen LogP contribution in [-0.2, 0) is 32.4 Å². The fourth-order valence-electron chi connectivity index (χ4n) is 7.00. The Hall–Kier alpha value is -2.65. The Morgan fingerprint density at radius 2 is 1.69 bits per heavy atom. The Kier molecular flexibility index (Phi) is 8.02. The molecule has 0 unspecified atom stereocenters. The average Bonchev–Trinajstić information content (AvgIpc) is 3.39. The highest BCUT2D eigenvalue weighted by atomic mass is 35.5. The predicted octanol–water partition coefficient (Wildman–Crippen LogP) is 6.27. The number of ether oxygens (including phenoxy) is 1. The molecule has 222 valence electrons. The molecule has 2 fully saturated rings. The Balaban J connectivity index is 1.37. The molecule has 1 aliphatic carbocycles. The lowest BCUT2D eigenvalue weighted by atomic mass is 9.78. The van der Waals surface area contributed by atoms with Crippen LogP contribution in [0, 0.1) is 11.7 Å². The minimum Gasteiger partial charge on any atom is -0.489 e. The van der Waals surface area contributed by atoms with Gasteiger partial charge >= 0.3 is 0 Å². The molecule has 0 radical (unpaired) electrons. The van der Waals surface area contributed by atoms with Crippen molar-refractivity contribution in [2.75, 3.05) is 26.7 Å². The van der Waals surface area contributed by atoms with Gasteiger partial charge < -0.3 is 14.5 Å². The van der Waals surface area contributed by atoms with Crippen molar-refractivity contribution in [3.8, 4) is 5.75 Å². The molecule has 0 saturated carbocycles. The molecule has 3 aromatic rings. The summed E-state index contributed by atoms with van der Waals surface area (Å²) in [5.74, 6) is 0.0105.